The van der Waals surface area contributed by atoms with Gasteiger partial charge >= 0.3 is 0 Å². The second-order valence-electron chi connectivity index (χ2n) is 2.60. The van der Waals surface area contributed by atoms with Crippen molar-refractivity contribution in [3.8, 4) is 0 Å². The third kappa shape index (κ3) is 2.67. The van der Waals surface area contributed by atoms with Gasteiger partial charge < -0.3 is 0 Å². The van der Waals surface area contributed by atoms with Gasteiger partial charge in [-0.05, 0) is 6.42 Å². The lowest BCUT2D eigenvalue weighted by molar-refractivity contribution is 0.593. The molecule has 5 heteroatoms. The lowest BCUT2D eigenvalue weighted by Gasteiger charge is -2.35. The molecular formula is C6H7Br5. The Morgan fingerprint density at radius 2 is 1.00 bits per heavy atom. The summed E-state index contributed by atoms with van der Waals surface area (Å²) in [6.07, 6.45) is 1.15. The molecule has 1 fully saturated rings. The van der Waals surface area contributed by atoms with Crippen LogP contribution in [-0.4, -0.2) is 24.1 Å². The first-order chi connectivity index (χ1) is 5.04. The zero-order valence-corrected chi connectivity index (χ0v) is 13.4. The largest absolute Gasteiger partial charge is 0.0878 e. The molecule has 0 aromatic rings. The molecule has 11 heavy (non-hydrogen) atoms. The smallest absolute Gasteiger partial charge is 0.0417 e. The zero-order chi connectivity index (χ0) is 8.59. The van der Waals surface area contributed by atoms with Crippen molar-refractivity contribution in [2.45, 2.75) is 30.6 Å². The highest BCUT2D eigenvalue weighted by atomic mass is 79.9. The molecule has 0 aromatic heterocycles. The predicted molar refractivity (Wildman–Crippen MR) is 68.2 cm³/mol. The van der Waals surface area contributed by atoms with Crippen LogP contribution in [-0.2, 0) is 0 Å². The Kier molecular flexibility index (Phi) is 4.97. The summed E-state index contributed by atoms with van der Waals surface area (Å²) < 4.78 is 0. The predicted octanol–water partition coefficient (Wildman–Crippen LogP) is 4.21. The average Bonchev–Trinajstić information content (AvgIpc) is 1.97. The summed E-state index contributed by atoms with van der Waals surface area (Å²) in [5, 5.41) is 0. The van der Waals surface area contributed by atoms with E-state index in [1.807, 2.05) is 0 Å². The van der Waals surface area contributed by atoms with E-state index in [9.17, 15) is 0 Å². The molecule has 0 heterocycles. The van der Waals surface area contributed by atoms with Gasteiger partial charge in [0.05, 0.1) is 0 Å². The average molecular weight is 479 g/mol. The fourth-order valence-corrected chi connectivity index (χ4v) is 6.07. The van der Waals surface area contributed by atoms with Crippen LogP contribution < -0.4 is 0 Å². The Balaban J connectivity index is 2.63. The molecule has 1 rings (SSSR count). The summed E-state index contributed by atoms with van der Waals surface area (Å²) in [4.78, 5) is 2.57. The molecule has 66 valence electrons. The van der Waals surface area contributed by atoms with E-state index >= 15 is 0 Å². The lowest BCUT2D eigenvalue weighted by Crippen LogP contribution is -2.43. The third-order valence-corrected chi connectivity index (χ3v) is 10.0. The van der Waals surface area contributed by atoms with Crippen LogP contribution in [0.2, 0.25) is 0 Å². The summed E-state index contributed by atoms with van der Waals surface area (Å²) in [6, 6.07) is 0. The molecule has 1 saturated carbocycles. The van der Waals surface area contributed by atoms with E-state index in [1.54, 1.807) is 0 Å². The van der Waals surface area contributed by atoms with Gasteiger partial charge in [0.25, 0.3) is 0 Å². The molecule has 0 spiro atoms. The Hall–Kier alpha value is 2.40. The maximum absolute atomic E-state index is 3.65. The van der Waals surface area contributed by atoms with E-state index in [1.165, 1.54) is 0 Å². The van der Waals surface area contributed by atoms with Gasteiger partial charge in [-0.3, -0.25) is 0 Å². The quantitative estimate of drug-likeness (QED) is 0.458. The van der Waals surface area contributed by atoms with Gasteiger partial charge in [0, 0.05) is 24.1 Å². The van der Waals surface area contributed by atoms with Gasteiger partial charge in [0.1, 0.15) is 0 Å². The van der Waals surface area contributed by atoms with Crippen LogP contribution in [0.25, 0.3) is 0 Å². The molecule has 0 amide bonds. The normalized spacial score (nSPS) is 52.6. The SMILES string of the molecule is BrC1[C@@H](Br)[C@H](Br)C[C@@H](Br)[C@H]1Br. The van der Waals surface area contributed by atoms with Crippen LogP contribution in [0.4, 0.5) is 0 Å². The van der Waals surface area contributed by atoms with Gasteiger partial charge in [-0.2, -0.15) is 0 Å². The van der Waals surface area contributed by atoms with E-state index in [4.69, 9.17) is 0 Å². The molecule has 1 unspecified atom stereocenters. The standard InChI is InChI=1S/C6H7Br5/c7-2-1-3(8)5(10)6(11)4(2)9/h2-6H,1H2/t2-,3-,4-,5+,6?/m1/s1. The molecule has 0 aromatic carbocycles. The van der Waals surface area contributed by atoms with Crippen molar-refractivity contribution in [1.29, 1.82) is 0 Å². The Morgan fingerprint density at radius 3 is 1.36 bits per heavy atom. The molecule has 1 aliphatic carbocycles. The number of hydrogen-bond acceptors (Lipinski definition) is 0. The minimum absolute atomic E-state index is 0.477. The molecule has 5 atom stereocenters. The molecular weight excluding hydrogens is 472 g/mol. The molecule has 0 N–H and O–H groups in total. The minimum Gasteiger partial charge on any atom is -0.0878 e. The van der Waals surface area contributed by atoms with Crippen LogP contribution in [0.15, 0.2) is 0 Å². The van der Waals surface area contributed by atoms with Crippen molar-refractivity contribution in [2.75, 3.05) is 0 Å². The number of hydrogen-bond donors (Lipinski definition) is 0. The molecule has 1 aliphatic rings. The van der Waals surface area contributed by atoms with E-state index in [-0.39, 0.29) is 0 Å². The Bertz CT molecular complexity index is 125. The van der Waals surface area contributed by atoms with E-state index in [0.29, 0.717) is 24.1 Å². The van der Waals surface area contributed by atoms with Crippen molar-refractivity contribution < 1.29 is 0 Å². The molecule has 0 bridgehead atoms. The van der Waals surface area contributed by atoms with E-state index in [0.717, 1.165) is 6.42 Å². The van der Waals surface area contributed by atoms with Crippen molar-refractivity contribution in [3.05, 3.63) is 0 Å². The minimum atomic E-state index is 0.477. The maximum atomic E-state index is 3.65. The van der Waals surface area contributed by atoms with E-state index < -0.39 is 0 Å². The number of halogens is 5. The van der Waals surface area contributed by atoms with Crippen LogP contribution >= 0.6 is 79.6 Å². The number of alkyl halides is 5. The second-order valence-corrected chi connectivity index (χ2v) is 8.13. The fourth-order valence-electron chi connectivity index (χ4n) is 1.05. The van der Waals surface area contributed by atoms with Crippen LogP contribution in [0.3, 0.4) is 0 Å². The Labute approximate surface area is 109 Å². The maximum Gasteiger partial charge on any atom is 0.0417 e. The topological polar surface area (TPSA) is 0 Å². The zero-order valence-electron chi connectivity index (χ0n) is 5.48. The molecule has 0 nitrogen and oxygen atoms in total. The Morgan fingerprint density at radius 1 is 0.636 bits per heavy atom. The molecule has 0 radical (unpaired) electrons. The monoisotopic (exact) mass is 474 g/mol. The van der Waals surface area contributed by atoms with Crippen molar-refractivity contribution in [3.63, 3.8) is 0 Å². The van der Waals surface area contributed by atoms with Gasteiger partial charge in [0.2, 0.25) is 0 Å². The fraction of sp³-hybridized carbons (Fsp3) is 1.00. The lowest BCUT2D eigenvalue weighted by atomic mass is 10.0. The van der Waals surface area contributed by atoms with E-state index in [2.05, 4.69) is 79.6 Å². The third-order valence-electron chi connectivity index (χ3n) is 1.75. The summed E-state index contributed by atoms with van der Waals surface area (Å²) >= 11 is 18.2. The van der Waals surface area contributed by atoms with Crippen molar-refractivity contribution in [2.24, 2.45) is 0 Å². The summed E-state index contributed by atoms with van der Waals surface area (Å²) in [6.45, 7) is 0. The number of rotatable bonds is 0. The molecule has 0 saturated heterocycles. The first-order valence-corrected chi connectivity index (χ1v) is 7.82. The highest BCUT2D eigenvalue weighted by Gasteiger charge is 2.39. The van der Waals surface area contributed by atoms with Crippen molar-refractivity contribution >= 4 is 79.6 Å². The first kappa shape index (κ1) is 11.5. The first-order valence-electron chi connectivity index (χ1n) is 3.24. The van der Waals surface area contributed by atoms with Crippen molar-refractivity contribution in [1.82, 2.24) is 0 Å². The highest BCUT2D eigenvalue weighted by molar-refractivity contribution is 9.15. The van der Waals surface area contributed by atoms with Gasteiger partial charge in [-0.25, -0.2) is 0 Å². The summed E-state index contributed by atoms with van der Waals surface area (Å²) in [5.74, 6) is 0. The van der Waals surface area contributed by atoms with Crippen LogP contribution in [0.1, 0.15) is 6.42 Å². The highest BCUT2D eigenvalue weighted by Crippen LogP contribution is 2.40. The van der Waals surface area contributed by atoms with Crippen LogP contribution in [0, 0.1) is 0 Å². The van der Waals surface area contributed by atoms with Gasteiger partial charge in [-0.1, -0.05) is 79.6 Å². The van der Waals surface area contributed by atoms with Crippen LogP contribution in [0.5, 0.6) is 0 Å². The second kappa shape index (κ2) is 4.76. The van der Waals surface area contributed by atoms with Gasteiger partial charge in [0.15, 0.2) is 0 Å². The summed E-state index contributed by atoms with van der Waals surface area (Å²) in [5.41, 5.74) is 0. The summed E-state index contributed by atoms with van der Waals surface area (Å²) in [7, 11) is 0. The molecule has 0 aliphatic heterocycles. The van der Waals surface area contributed by atoms with Gasteiger partial charge in [-0.15, -0.1) is 0 Å².